The molecule has 0 aliphatic rings. The fourth-order valence-corrected chi connectivity index (χ4v) is 4.21. The summed E-state index contributed by atoms with van der Waals surface area (Å²) >= 11 is 10.2. The Balaban J connectivity index is 1.76. The summed E-state index contributed by atoms with van der Waals surface area (Å²) < 4.78 is 32.0. The molecule has 0 radical (unpaired) electrons. The van der Waals surface area contributed by atoms with Crippen LogP contribution < -0.4 is 4.72 Å². The van der Waals surface area contributed by atoms with Gasteiger partial charge in [0.15, 0.2) is 6.61 Å². The number of sulfonamides is 1. The number of carbonyl (C=O) groups excluding carboxylic acids is 2. The molecule has 1 aromatic heterocycles. The number of Topliss-reactive ketones (excluding diaryl/α,β-unsaturated/α-hetero) is 1. The highest BCUT2D eigenvalue weighted by molar-refractivity contribution is 9.11. The normalized spacial score (nSPS) is 11.3. The van der Waals surface area contributed by atoms with Crippen molar-refractivity contribution in [1.29, 1.82) is 0 Å². The van der Waals surface area contributed by atoms with Gasteiger partial charge in [0.2, 0.25) is 15.8 Å². The molecule has 0 saturated carbocycles. The van der Waals surface area contributed by atoms with E-state index in [0.29, 0.717) is 9.90 Å². The van der Waals surface area contributed by atoms with Crippen LogP contribution in [-0.4, -0.2) is 33.3 Å². The van der Waals surface area contributed by atoms with Gasteiger partial charge in [0, 0.05) is 11.6 Å². The first kappa shape index (κ1) is 20.1. The Kier molecular flexibility index (Phi) is 7.14. The van der Waals surface area contributed by atoms with Crippen LogP contribution in [-0.2, 0) is 19.6 Å². The molecular formula is C15H13BrClNO5S2. The quantitative estimate of drug-likeness (QED) is 0.476. The fraction of sp³-hybridized carbons (Fsp3) is 0.200. The largest absolute Gasteiger partial charge is 0.457 e. The number of halogens is 2. The first-order valence-electron chi connectivity index (χ1n) is 6.97. The Bertz CT molecular complexity index is 864. The third-order valence-corrected chi connectivity index (χ3v) is 6.35. The summed E-state index contributed by atoms with van der Waals surface area (Å²) in [4.78, 5) is 23.9. The molecule has 2 rings (SSSR count). The topological polar surface area (TPSA) is 89.5 Å². The highest BCUT2D eigenvalue weighted by atomic mass is 79.9. The molecule has 1 N–H and O–H groups in total. The second kappa shape index (κ2) is 8.91. The molecule has 0 fully saturated rings. The number of ether oxygens (including phenoxy) is 1. The molecule has 0 bridgehead atoms. The van der Waals surface area contributed by atoms with Crippen molar-refractivity contribution in [2.45, 2.75) is 11.3 Å². The fourth-order valence-electron chi connectivity index (χ4n) is 1.74. The zero-order valence-corrected chi connectivity index (χ0v) is 16.7. The standard InChI is InChI=1S/C15H13BrClNO5S2/c16-14-6-5-13(24-14)12(19)9-23-15(20)7-8-18-25(21,22)11-3-1-10(17)2-4-11/h1-6,18H,7-9H2. The third-order valence-electron chi connectivity index (χ3n) is 2.96. The molecule has 0 saturated heterocycles. The predicted molar refractivity (Wildman–Crippen MR) is 98.6 cm³/mol. The number of ketones is 1. The number of esters is 1. The number of hydrogen-bond donors (Lipinski definition) is 1. The van der Waals surface area contributed by atoms with Crippen molar-refractivity contribution in [3.05, 3.63) is 50.1 Å². The monoisotopic (exact) mass is 465 g/mol. The molecule has 1 heterocycles. The number of carbonyl (C=O) groups is 2. The summed E-state index contributed by atoms with van der Waals surface area (Å²) in [6.07, 6.45) is -0.186. The second-order valence-corrected chi connectivity index (χ2v) is 9.46. The molecule has 0 amide bonds. The van der Waals surface area contributed by atoms with Crippen LogP contribution in [0.4, 0.5) is 0 Å². The average molecular weight is 467 g/mol. The molecule has 0 aliphatic carbocycles. The molecule has 0 atom stereocenters. The van der Waals surface area contributed by atoms with Gasteiger partial charge < -0.3 is 4.74 Å². The van der Waals surface area contributed by atoms with Crippen molar-refractivity contribution in [1.82, 2.24) is 4.72 Å². The summed E-state index contributed by atoms with van der Waals surface area (Å²) in [5.74, 6) is -0.978. The Hall–Kier alpha value is -1.26. The second-order valence-electron chi connectivity index (χ2n) is 4.79. The molecule has 25 heavy (non-hydrogen) atoms. The van der Waals surface area contributed by atoms with Crippen LogP contribution in [0.15, 0.2) is 45.1 Å². The molecule has 1 aromatic carbocycles. The average Bonchev–Trinajstić information content (AvgIpc) is 2.99. The van der Waals surface area contributed by atoms with Crippen molar-refractivity contribution < 1.29 is 22.7 Å². The van der Waals surface area contributed by atoms with Crippen molar-refractivity contribution in [3.63, 3.8) is 0 Å². The zero-order chi connectivity index (χ0) is 18.4. The van der Waals surface area contributed by atoms with Crippen LogP contribution in [0.3, 0.4) is 0 Å². The van der Waals surface area contributed by atoms with E-state index < -0.39 is 16.0 Å². The van der Waals surface area contributed by atoms with E-state index in [-0.39, 0.29) is 30.3 Å². The maximum Gasteiger partial charge on any atom is 0.307 e. The van der Waals surface area contributed by atoms with Gasteiger partial charge in [-0.15, -0.1) is 11.3 Å². The van der Waals surface area contributed by atoms with Crippen LogP contribution in [0, 0.1) is 0 Å². The van der Waals surface area contributed by atoms with E-state index in [0.717, 1.165) is 3.79 Å². The highest BCUT2D eigenvalue weighted by Gasteiger charge is 2.15. The van der Waals surface area contributed by atoms with Gasteiger partial charge in [0.1, 0.15) is 0 Å². The molecule has 2 aromatic rings. The van der Waals surface area contributed by atoms with Gasteiger partial charge >= 0.3 is 5.97 Å². The van der Waals surface area contributed by atoms with Gasteiger partial charge in [0.05, 0.1) is 20.0 Å². The smallest absolute Gasteiger partial charge is 0.307 e. The van der Waals surface area contributed by atoms with Crippen LogP contribution in [0.25, 0.3) is 0 Å². The van der Waals surface area contributed by atoms with Crippen molar-refractivity contribution in [2.24, 2.45) is 0 Å². The molecule has 6 nitrogen and oxygen atoms in total. The lowest BCUT2D eigenvalue weighted by Gasteiger charge is -2.07. The van der Waals surface area contributed by atoms with Crippen LogP contribution in [0.1, 0.15) is 16.1 Å². The van der Waals surface area contributed by atoms with E-state index in [1.165, 1.54) is 35.6 Å². The predicted octanol–water partition coefficient (Wildman–Crippen LogP) is 3.26. The van der Waals surface area contributed by atoms with Gasteiger partial charge in [-0.3, -0.25) is 9.59 Å². The number of thiophene rings is 1. The van der Waals surface area contributed by atoms with Crippen LogP contribution >= 0.6 is 38.9 Å². The van der Waals surface area contributed by atoms with Gasteiger partial charge in [-0.1, -0.05) is 11.6 Å². The maximum absolute atomic E-state index is 12.0. The Morgan fingerprint density at radius 3 is 2.44 bits per heavy atom. The Labute approximate surface area is 162 Å². The lowest BCUT2D eigenvalue weighted by atomic mass is 10.3. The molecule has 0 unspecified atom stereocenters. The summed E-state index contributed by atoms with van der Waals surface area (Å²) in [5.41, 5.74) is 0. The summed E-state index contributed by atoms with van der Waals surface area (Å²) in [6, 6.07) is 9.00. The summed E-state index contributed by atoms with van der Waals surface area (Å²) in [6.45, 7) is -0.516. The number of hydrogen-bond acceptors (Lipinski definition) is 6. The molecule has 0 spiro atoms. The van der Waals surface area contributed by atoms with Crippen molar-refractivity contribution in [3.8, 4) is 0 Å². The van der Waals surface area contributed by atoms with Gasteiger partial charge in [-0.05, 0) is 52.3 Å². The maximum atomic E-state index is 12.0. The minimum absolute atomic E-state index is 0.0451. The third kappa shape index (κ3) is 6.19. The zero-order valence-electron chi connectivity index (χ0n) is 12.7. The van der Waals surface area contributed by atoms with E-state index >= 15 is 0 Å². The SMILES string of the molecule is O=C(CCNS(=O)(=O)c1ccc(Cl)cc1)OCC(=O)c1ccc(Br)s1. The highest BCUT2D eigenvalue weighted by Crippen LogP contribution is 2.22. The molecular weight excluding hydrogens is 454 g/mol. The van der Waals surface area contributed by atoms with Crippen LogP contribution in [0.2, 0.25) is 5.02 Å². The van der Waals surface area contributed by atoms with Gasteiger partial charge in [-0.25, -0.2) is 13.1 Å². The molecule has 0 aliphatic heterocycles. The summed E-state index contributed by atoms with van der Waals surface area (Å²) in [7, 11) is -3.73. The van der Waals surface area contributed by atoms with E-state index in [9.17, 15) is 18.0 Å². The lowest BCUT2D eigenvalue weighted by molar-refractivity contribution is -0.142. The Morgan fingerprint density at radius 1 is 1.16 bits per heavy atom. The van der Waals surface area contributed by atoms with Crippen molar-refractivity contribution in [2.75, 3.05) is 13.2 Å². The van der Waals surface area contributed by atoms with E-state index in [1.54, 1.807) is 12.1 Å². The number of benzene rings is 1. The van der Waals surface area contributed by atoms with Gasteiger partial charge in [0.25, 0.3) is 0 Å². The van der Waals surface area contributed by atoms with Gasteiger partial charge in [-0.2, -0.15) is 0 Å². The molecule has 10 heteroatoms. The van der Waals surface area contributed by atoms with E-state index in [2.05, 4.69) is 20.7 Å². The Morgan fingerprint density at radius 2 is 1.84 bits per heavy atom. The summed E-state index contributed by atoms with van der Waals surface area (Å²) in [5, 5.41) is 0.421. The minimum atomic E-state index is -3.73. The van der Waals surface area contributed by atoms with E-state index in [1.807, 2.05) is 0 Å². The minimum Gasteiger partial charge on any atom is -0.457 e. The van der Waals surface area contributed by atoms with E-state index in [4.69, 9.17) is 16.3 Å². The number of nitrogens with one attached hydrogen (secondary N) is 1. The molecule has 134 valence electrons. The van der Waals surface area contributed by atoms with Crippen molar-refractivity contribution >= 4 is 60.6 Å². The first-order chi connectivity index (χ1) is 11.8. The van der Waals surface area contributed by atoms with Crippen LogP contribution in [0.5, 0.6) is 0 Å². The number of rotatable bonds is 8. The first-order valence-corrected chi connectivity index (χ1v) is 10.4. The lowest BCUT2D eigenvalue weighted by Crippen LogP contribution is -2.27.